The highest BCUT2D eigenvalue weighted by Gasteiger charge is 2.53. The van der Waals surface area contributed by atoms with Crippen LogP contribution in [0, 0.1) is 11.8 Å². The van der Waals surface area contributed by atoms with Crippen molar-refractivity contribution in [2.75, 3.05) is 6.61 Å². The van der Waals surface area contributed by atoms with Crippen molar-refractivity contribution in [2.45, 2.75) is 51.7 Å². The first-order chi connectivity index (χ1) is 10.7. The predicted molar refractivity (Wildman–Crippen MR) is 92.7 cm³/mol. The van der Waals surface area contributed by atoms with E-state index in [1.807, 2.05) is 39.1 Å². The van der Waals surface area contributed by atoms with E-state index < -0.39 is 24.0 Å². The summed E-state index contributed by atoms with van der Waals surface area (Å²) in [5.74, 6) is 5.98. The minimum absolute atomic E-state index is 0.144. The monoisotopic (exact) mass is 336 g/mol. The number of halogens is 1. The van der Waals surface area contributed by atoms with Gasteiger partial charge in [0.2, 0.25) is 0 Å². The first-order valence-corrected chi connectivity index (χ1v) is 8.54. The van der Waals surface area contributed by atoms with E-state index in [0.717, 1.165) is 10.4 Å². The number of aliphatic hydroxyl groups excluding tert-OH is 1. The van der Waals surface area contributed by atoms with Gasteiger partial charge in [-0.2, -0.15) is 0 Å². The first kappa shape index (κ1) is 18.2. The summed E-state index contributed by atoms with van der Waals surface area (Å²) in [5.41, 5.74) is -0.699. The highest BCUT2D eigenvalue weighted by molar-refractivity contribution is 7.11. The second-order valence-corrected chi connectivity index (χ2v) is 7.43. The number of aliphatic hydroxyl groups is 1. The van der Waals surface area contributed by atoms with Crippen LogP contribution in [-0.2, 0) is 9.31 Å². The maximum absolute atomic E-state index is 14.4. The molecule has 6 heteroatoms. The first-order valence-electron chi connectivity index (χ1n) is 7.66. The lowest BCUT2D eigenvalue weighted by Gasteiger charge is -2.32. The maximum Gasteiger partial charge on any atom is 0.525 e. The van der Waals surface area contributed by atoms with E-state index in [0.29, 0.717) is 12.8 Å². The van der Waals surface area contributed by atoms with Gasteiger partial charge in [-0.1, -0.05) is 11.8 Å². The number of thiophene rings is 1. The molecule has 0 aromatic carbocycles. The Morgan fingerprint density at radius 1 is 1.35 bits per heavy atom. The van der Waals surface area contributed by atoms with Crippen molar-refractivity contribution in [2.24, 2.45) is 0 Å². The Labute approximate surface area is 141 Å². The zero-order valence-electron chi connectivity index (χ0n) is 14.0. The van der Waals surface area contributed by atoms with Gasteiger partial charge in [0.15, 0.2) is 0 Å². The molecule has 3 nitrogen and oxygen atoms in total. The average molecular weight is 336 g/mol. The Bertz CT molecular complexity index is 624. The van der Waals surface area contributed by atoms with Gasteiger partial charge in [0.05, 0.1) is 11.2 Å². The largest absolute Gasteiger partial charge is 0.525 e. The molecule has 1 saturated heterocycles. The smallest absolute Gasteiger partial charge is 0.398 e. The van der Waals surface area contributed by atoms with Crippen molar-refractivity contribution in [3.8, 4) is 11.8 Å². The molecule has 124 valence electrons. The predicted octanol–water partition coefficient (Wildman–Crippen LogP) is 3.81. The summed E-state index contributed by atoms with van der Waals surface area (Å²) in [7, 11) is -0.971. The molecule has 1 N–H and O–H groups in total. The molecule has 0 unspecified atom stereocenters. The van der Waals surface area contributed by atoms with Crippen LogP contribution < -0.4 is 0 Å². The van der Waals surface area contributed by atoms with E-state index in [2.05, 4.69) is 11.8 Å². The average Bonchev–Trinajstić information content (AvgIpc) is 2.97. The van der Waals surface area contributed by atoms with Crippen LogP contribution >= 0.6 is 11.3 Å². The van der Waals surface area contributed by atoms with Gasteiger partial charge in [0.1, 0.15) is 5.73 Å². The Morgan fingerprint density at radius 3 is 2.61 bits per heavy atom. The molecular formula is C17H22BFO3S. The minimum Gasteiger partial charge on any atom is -0.398 e. The van der Waals surface area contributed by atoms with Gasteiger partial charge in [-0.05, 0) is 46.3 Å². The number of unbranched alkanes of at least 4 members (excludes halogenated alkanes) is 1. The third kappa shape index (κ3) is 4.45. The van der Waals surface area contributed by atoms with Gasteiger partial charge in [-0.3, -0.25) is 0 Å². The Hall–Kier alpha value is -1.13. The number of rotatable bonds is 4. The summed E-state index contributed by atoms with van der Waals surface area (Å²) < 4.78 is 25.8. The summed E-state index contributed by atoms with van der Waals surface area (Å²) in [6.45, 7) is 7.72. The molecule has 0 bridgehead atoms. The van der Waals surface area contributed by atoms with E-state index >= 15 is 0 Å². The molecule has 0 atom stereocenters. The Morgan fingerprint density at radius 2 is 2.00 bits per heavy atom. The highest BCUT2D eigenvalue weighted by Crippen LogP contribution is 2.39. The van der Waals surface area contributed by atoms with Crippen LogP contribution in [0.15, 0.2) is 17.2 Å². The van der Waals surface area contributed by atoms with Gasteiger partial charge in [0.25, 0.3) is 0 Å². The summed E-state index contributed by atoms with van der Waals surface area (Å²) in [6, 6.07) is 1.83. The van der Waals surface area contributed by atoms with Crippen LogP contribution in [0.25, 0.3) is 6.08 Å². The van der Waals surface area contributed by atoms with Crippen LogP contribution in [0.4, 0.5) is 4.39 Å². The third-order valence-electron chi connectivity index (χ3n) is 4.07. The zero-order chi connectivity index (χ0) is 17.1. The molecule has 1 fully saturated rings. The van der Waals surface area contributed by atoms with Gasteiger partial charge in [-0.25, -0.2) is 4.39 Å². The van der Waals surface area contributed by atoms with Crippen molar-refractivity contribution in [1.82, 2.24) is 0 Å². The van der Waals surface area contributed by atoms with E-state index in [9.17, 15) is 4.39 Å². The van der Waals surface area contributed by atoms with Crippen molar-refractivity contribution < 1.29 is 18.8 Å². The maximum atomic E-state index is 14.4. The molecule has 0 aliphatic carbocycles. The van der Waals surface area contributed by atoms with Crippen molar-refractivity contribution in [3.05, 3.63) is 27.6 Å². The molecule has 0 spiro atoms. The summed E-state index contributed by atoms with van der Waals surface area (Å²) >= 11 is 1.42. The fourth-order valence-electron chi connectivity index (χ4n) is 1.99. The summed E-state index contributed by atoms with van der Waals surface area (Å²) in [6.07, 6.45) is 2.76. The normalized spacial score (nSPS) is 19.6. The Kier molecular flexibility index (Phi) is 5.69. The molecular weight excluding hydrogens is 314 g/mol. The van der Waals surface area contributed by atoms with Crippen LogP contribution in [-0.4, -0.2) is 30.0 Å². The molecule has 0 saturated carbocycles. The highest BCUT2D eigenvalue weighted by atomic mass is 32.1. The van der Waals surface area contributed by atoms with Crippen LogP contribution in [0.2, 0.25) is 0 Å². The SMILES string of the molecule is CC1(C)OB(C(F)=Cc2cc(C#CCCCO)cs2)OC1(C)C. The minimum atomic E-state index is -0.971. The molecule has 2 heterocycles. The fraction of sp³-hybridized carbons (Fsp3) is 0.529. The number of hydrogen-bond acceptors (Lipinski definition) is 4. The van der Waals surface area contributed by atoms with Gasteiger partial charge >= 0.3 is 7.12 Å². The molecule has 1 aliphatic rings. The van der Waals surface area contributed by atoms with Gasteiger partial charge in [0, 0.05) is 28.8 Å². The van der Waals surface area contributed by atoms with Crippen molar-refractivity contribution >= 4 is 24.5 Å². The molecule has 1 aromatic heterocycles. The lowest BCUT2D eigenvalue weighted by Crippen LogP contribution is -2.41. The van der Waals surface area contributed by atoms with Gasteiger partial charge < -0.3 is 14.4 Å². The van der Waals surface area contributed by atoms with E-state index in [1.54, 1.807) is 0 Å². The Balaban J connectivity index is 2.04. The lowest BCUT2D eigenvalue weighted by molar-refractivity contribution is 0.00578. The van der Waals surface area contributed by atoms with E-state index in [4.69, 9.17) is 14.4 Å². The van der Waals surface area contributed by atoms with Crippen LogP contribution in [0.5, 0.6) is 0 Å². The number of hydrogen-bond donors (Lipinski definition) is 1. The van der Waals surface area contributed by atoms with Crippen molar-refractivity contribution in [3.63, 3.8) is 0 Å². The van der Waals surface area contributed by atoms with Gasteiger partial charge in [-0.15, -0.1) is 11.3 Å². The quantitative estimate of drug-likeness (QED) is 0.516. The standard InChI is InChI=1S/C17H22BFO3S/c1-16(2)17(3,4)22-18(21-16)15(19)11-14-10-13(12-23-14)8-6-5-7-9-20/h10-12,20H,5,7,9H2,1-4H3. The van der Waals surface area contributed by atoms with E-state index in [-0.39, 0.29) is 6.61 Å². The molecule has 0 radical (unpaired) electrons. The summed E-state index contributed by atoms with van der Waals surface area (Å²) in [5, 5.41) is 10.6. The molecule has 2 rings (SSSR count). The molecule has 1 aliphatic heterocycles. The van der Waals surface area contributed by atoms with E-state index in [1.165, 1.54) is 17.4 Å². The zero-order valence-corrected chi connectivity index (χ0v) is 14.8. The second kappa shape index (κ2) is 7.19. The van der Waals surface area contributed by atoms with Crippen LogP contribution in [0.3, 0.4) is 0 Å². The molecule has 0 amide bonds. The second-order valence-electron chi connectivity index (χ2n) is 6.48. The lowest BCUT2D eigenvalue weighted by atomic mass is 9.87. The van der Waals surface area contributed by atoms with Crippen LogP contribution in [0.1, 0.15) is 51.0 Å². The summed E-state index contributed by atoms with van der Waals surface area (Å²) in [4.78, 5) is 0.767. The molecule has 1 aromatic rings. The third-order valence-corrected chi connectivity index (χ3v) is 4.95. The fourth-order valence-corrected chi connectivity index (χ4v) is 2.75. The molecule has 23 heavy (non-hydrogen) atoms. The topological polar surface area (TPSA) is 38.7 Å². The van der Waals surface area contributed by atoms with Crippen molar-refractivity contribution in [1.29, 1.82) is 0 Å².